The fraction of sp³-hybridized carbons (Fsp3) is 0.887. The maximum absolute atomic E-state index is 2.86. The predicted molar refractivity (Wildman–Crippen MR) is 210 cm³/mol. The summed E-state index contributed by atoms with van der Waals surface area (Å²) < 4.78 is 0. The van der Waals surface area contributed by atoms with Crippen molar-refractivity contribution in [3.63, 3.8) is 0 Å². The Bertz CT molecular complexity index is 1730. The van der Waals surface area contributed by atoms with Crippen LogP contribution in [0.3, 0.4) is 0 Å². The minimum absolute atomic E-state index is 0.901. The highest BCUT2D eigenvalue weighted by molar-refractivity contribution is 5.29. The monoisotopic (exact) mass is 707 g/mol. The minimum Gasteiger partial charge on any atom is -0.0622 e. The van der Waals surface area contributed by atoms with Crippen LogP contribution in [0.5, 0.6) is 0 Å². The highest BCUT2D eigenvalue weighted by Gasteiger charge is 2.77. The smallest absolute Gasteiger partial charge is 0.0128 e. The Labute approximate surface area is 321 Å². The molecule has 282 valence electrons. The van der Waals surface area contributed by atoms with Crippen LogP contribution in [0.2, 0.25) is 0 Å². The number of benzene rings is 1. The standard InChI is InChI=1S/C53H70/c1-22-30(16-36-37-19-39(45(22)36)53-42-20-40(51(37)53)46-27-14-32(33(15-27)48(42)46)24-7-4-3-5-8-24)25-11-12-26(13-25)44-23(2)31-17-38(44)52-43-21-41(47(31)52)49-34-18-35(50(43)49)29-10-6-9-28(29)34/h3-5,7-8,22-23,25-53H,6,9-21H2,1-2H3. The summed E-state index contributed by atoms with van der Waals surface area (Å²) >= 11 is 0. The van der Waals surface area contributed by atoms with Gasteiger partial charge in [-0.15, -0.1) is 0 Å². The van der Waals surface area contributed by atoms with Gasteiger partial charge in [0.2, 0.25) is 0 Å². The Hall–Kier alpha value is -0.780. The van der Waals surface area contributed by atoms with E-state index >= 15 is 0 Å². The fourth-order valence-electron chi connectivity index (χ4n) is 26.1. The first-order chi connectivity index (χ1) is 26.1. The molecule has 15 saturated carbocycles. The lowest BCUT2D eigenvalue weighted by atomic mass is 9.53. The van der Waals surface area contributed by atoms with E-state index in [-0.39, 0.29) is 0 Å². The van der Waals surface area contributed by atoms with Crippen LogP contribution in [0.15, 0.2) is 30.3 Å². The summed E-state index contributed by atoms with van der Waals surface area (Å²) in [5.41, 5.74) is 1.71. The summed E-state index contributed by atoms with van der Waals surface area (Å²) in [6.07, 6.45) is 23.2. The van der Waals surface area contributed by atoms with Gasteiger partial charge in [0, 0.05) is 0 Å². The van der Waals surface area contributed by atoms with E-state index in [0.717, 1.165) is 107 Å². The number of hydrogen-bond donors (Lipinski definition) is 0. The summed E-state index contributed by atoms with van der Waals surface area (Å²) in [6, 6.07) is 11.9. The van der Waals surface area contributed by atoms with E-state index in [1.54, 1.807) is 95.5 Å². The van der Waals surface area contributed by atoms with Crippen LogP contribution in [-0.4, -0.2) is 0 Å². The summed E-state index contributed by atoms with van der Waals surface area (Å²) in [6.45, 7) is 5.70. The molecule has 15 aliphatic carbocycles. The third-order valence-corrected chi connectivity index (χ3v) is 25.9. The van der Waals surface area contributed by atoms with Crippen molar-refractivity contribution in [3.8, 4) is 0 Å². The molecule has 15 aliphatic rings. The summed E-state index contributed by atoms with van der Waals surface area (Å²) in [5.74, 6) is 35.5. The van der Waals surface area contributed by atoms with Crippen LogP contribution in [-0.2, 0) is 0 Å². The third-order valence-electron chi connectivity index (χ3n) is 25.9. The van der Waals surface area contributed by atoms with E-state index in [4.69, 9.17) is 0 Å². The van der Waals surface area contributed by atoms with Crippen molar-refractivity contribution < 1.29 is 0 Å². The van der Waals surface area contributed by atoms with Gasteiger partial charge in [0.15, 0.2) is 0 Å². The summed E-state index contributed by atoms with van der Waals surface area (Å²) in [7, 11) is 0. The van der Waals surface area contributed by atoms with Crippen LogP contribution in [0.25, 0.3) is 0 Å². The second-order valence-corrected chi connectivity index (χ2v) is 25.4. The Morgan fingerprint density at radius 2 is 0.811 bits per heavy atom. The van der Waals surface area contributed by atoms with Crippen molar-refractivity contribution >= 4 is 0 Å². The molecule has 53 heavy (non-hydrogen) atoms. The first kappa shape index (κ1) is 30.3. The van der Waals surface area contributed by atoms with Crippen molar-refractivity contribution in [2.75, 3.05) is 0 Å². The van der Waals surface area contributed by atoms with Crippen molar-refractivity contribution in [1.29, 1.82) is 0 Å². The molecule has 0 aromatic heterocycles. The lowest BCUT2D eigenvalue weighted by molar-refractivity contribution is -0.0435. The first-order valence-electron chi connectivity index (χ1n) is 25.2. The summed E-state index contributed by atoms with van der Waals surface area (Å²) in [5, 5.41) is 0. The molecule has 15 fully saturated rings. The quantitative estimate of drug-likeness (QED) is 0.275. The molecule has 16 rings (SSSR count). The molecule has 1 aromatic rings. The molecule has 0 aliphatic heterocycles. The maximum atomic E-state index is 2.86. The van der Waals surface area contributed by atoms with E-state index in [0.29, 0.717) is 0 Å². The maximum Gasteiger partial charge on any atom is -0.0128 e. The Balaban J connectivity index is 0.636. The van der Waals surface area contributed by atoms with Gasteiger partial charge in [-0.2, -0.15) is 0 Å². The van der Waals surface area contributed by atoms with Gasteiger partial charge < -0.3 is 0 Å². The number of hydrogen-bond acceptors (Lipinski definition) is 0. The molecule has 0 radical (unpaired) electrons. The van der Waals surface area contributed by atoms with Gasteiger partial charge in [-0.05, 0) is 272 Å². The third kappa shape index (κ3) is 3.29. The van der Waals surface area contributed by atoms with Gasteiger partial charge in [0.25, 0.3) is 0 Å². The average Bonchev–Trinajstić information content (AvgIpc) is 4.01. The Morgan fingerprint density at radius 3 is 1.57 bits per heavy atom. The molecule has 0 heteroatoms. The first-order valence-corrected chi connectivity index (χ1v) is 25.2. The van der Waals surface area contributed by atoms with Crippen molar-refractivity contribution in [1.82, 2.24) is 0 Å². The summed E-state index contributed by atoms with van der Waals surface area (Å²) in [4.78, 5) is 0. The normalized spacial score (nSPS) is 70.7. The highest BCUT2D eigenvalue weighted by atomic mass is 14.8. The van der Waals surface area contributed by atoms with Gasteiger partial charge in [-0.25, -0.2) is 0 Å². The van der Waals surface area contributed by atoms with Crippen LogP contribution in [0, 0.1) is 178 Å². The Morgan fingerprint density at radius 1 is 0.321 bits per heavy atom. The van der Waals surface area contributed by atoms with Gasteiger partial charge >= 0.3 is 0 Å². The molecular weight excluding hydrogens is 637 g/mol. The lowest BCUT2D eigenvalue weighted by Gasteiger charge is -2.51. The lowest BCUT2D eigenvalue weighted by Crippen LogP contribution is -2.47. The molecule has 0 spiro atoms. The molecule has 0 saturated heterocycles. The molecule has 0 N–H and O–H groups in total. The predicted octanol–water partition coefficient (Wildman–Crippen LogP) is 12.0. The molecule has 0 heterocycles. The van der Waals surface area contributed by atoms with E-state index in [9.17, 15) is 0 Å². The zero-order valence-electron chi connectivity index (χ0n) is 33.2. The molecule has 31 unspecified atom stereocenters. The highest BCUT2D eigenvalue weighted by Crippen LogP contribution is 2.83. The molecule has 12 bridgehead atoms. The zero-order valence-corrected chi connectivity index (χ0v) is 33.2. The molecular formula is C53H70. The Kier molecular flexibility index (Phi) is 5.66. The van der Waals surface area contributed by atoms with Crippen LogP contribution >= 0.6 is 0 Å². The van der Waals surface area contributed by atoms with E-state index in [1.807, 2.05) is 0 Å². The van der Waals surface area contributed by atoms with Gasteiger partial charge in [-0.3, -0.25) is 0 Å². The van der Waals surface area contributed by atoms with E-state index in [2.05, 4.69) is 44.2 Å². The van der Waals surface area contributed by atoms with Crippen molar-refractivity contribution in [2.24, 2.45) is 178 Å². The average molecular weight is 707 g/mol. The van der Waals surface area contributed by atoms with Crippen molar-refractivity contribution in [3.05, 3.63) is 35.9 Å². The number of fused-ring (bicyclic) bond motifs is 38. The molecule has 31 atom stereocenters. The van der Waals surface area contributed by atoms with Gasteiger partial charge in [0.1, 0.15) is 0 Å². The van der Waals surface area contributed by atoms with E-state index < -0.39 is 0 Å². The van der Waals surface area contributed by atoms with Gasteiger partial charge in [0.05, 0.1) is 0 Å². The molecule has 1 aromatic carbocycles. The SMILES string of the molecule is CC1C2CC(C1C1CCC(C3CC4C5CC(C4C3C)C3C4CC(C6C7CC(c8ccccc8)C(C7)C46)C53)C1)C1C3CC(C21)C1C2CC(C4CCCC42)C31. The largest absolute Gasteiger partial charge is 0.0622 e. The molecule has 0 nitrogen and oxygen atoms in total. The van der Waals surface area contributed by atoms with Crippen LogP contribution < -0.4 is 0 Å². The van der Waals surface area contributed by atoms with Crippen LogP contribution in [0.4, 0.5) is 0 Å². The van der Waals surface area contributed by atoms with E-state index in [1.165, 1.54) is 76.9 Å². The minimum atomic E-state index is 0.901. The number of rotatable bonds is 3. The second-order valence-electron chi connectivity index (χ2n) is 25.4. The topological polar surface area (TPSA) is 0 Å². The molecule has 0 amide bonds. The second kappa shape index (κ2) is 9.90. The fourth-order valence-corrected chi connectivity index (χ4v) is 26.1. The van der Waals surface area contributed by atoms with Crippen LogP contribution in [0.1, 0.15) is 115 Å². The zero-order chi connectivity index (χ0) is 33.9. The van der Waals surface area contributed by atoms with Crippen molar-refractivity contribution in [2.45, 2.75) is 110 Å². The van der Waals surface area contributed by atoms with Gasteiger partial charge in [-0.1, -0.05) is 50.6 Å².